The van der Waals surface area contributed by atoms with Crippen molar-refractivity contribution in [3.63, 3.8) is 0 Å². The van der Waals surface area contributed by atoms with E-state index in [0.29, 0.717) is 0 Å². The molecule has 3 heteroatoms. The van der Waals surface area contributed by atoms with Crippen molar-refractivity contribution in [2.45, 2.75) is 31.9 Å². The van der Waals surface area contributed by atoms with E-state index in [1.165, 1.54) is 0 Å². The SMILES string of the molecule is C=CC(c1ccccc1)C(C)(C)C(O)C(c1ccccc1)n1ccnc1. The Kier molecular flexibility index (Phi) is 5.38. The third kappa shape index (κ3) is 3.49. The third-order valence-corrected chi connectivity index (χ3v) is 5.24. The largest absolute Gasteiger partial charge is 0.390 e. The zero-order chi connectivity index (χ0) is 18.6. The van der Waals surface area contributed by atoms with Crippen molar-refractivity contribution in [2.24, 2.45) is 5.41 Å². The van der Waals surface area contributed by atoms with Gasteiger partial charge >= 0.3 is 0 Å². The number of imidazole rings is 1. The molecule has 1 heterocycles. The molecule has 0 spiro atoms. The summed E-state index contributed by atoms with van der Waals surface area (Å²) in [6, 6.07) is 20.1. The minimum atomic E-state index is -0.637. The van der Waals surface area contributed by atoms with Crippen LogP contribution >= 0.6 is 0 Å². The Morgan fingerprint density at radius 1 is 1.00 bits per heavy atom. The summed E-state index contributed by atoms with van der Waals surface area (Å²) in [5.41, 5.74) is 1.78. The minimum absolute atomic E-state index is 0.0217. The number of benzene rings is 2. The third-order valence-electron chi connectivity index (χ3n) is 5.24. The second-order valence-electron chi connectivity index (χ2n) is 7.26. The molecule has 0 radical (unpaired) electrons. The van der Waals surface area contributed by atoms with Gasteiger partial charge in [-0.1, -0.05) is 80.6 Å². The van der Waals surface area contributed by atoms with E-state index in [2.05, 4.69) is 49.7 Å². The van der Waals surface area contributed by atoms with Crippen LogP contribution < -0.4 is 0 Å². The second kappa shape index (κ2) is 7.71. The van der Waals surface area contributed by atoms with Gasteiger partial charge in [-0.05, 0) is 11.1 Å². The fraction of sp³-hybridized carbons (Fsp3) is 0.261. The first-order valence-corrected chi connectivity index (χ1v) is 8.93. The maximum Gasteiger partial charge on any atom is 0.0952 e. The van der Waals surface area contributed by atoms with Crippen LogP contribution in [0, 0.1) is 5.41 Å². The van der Waals surface area contributed by atoms with Gasteiger partial charge in [0.2, 0.25) is 0 Å². The van der Waals surface area contributed by atoms with E-state index in [9.17, 15) is 5.11 Å². The molecule has 0 bridgehead atoms. The Morgan fingerprint density at radius 3 is 2.08 bits per heavy atom. The van der Waals surface area contributed by atoms with E-state index in [1.807, 2.05) is 53.2 Å². The fourth-order valence-corrected chi connectivity index (χ4v) is 3.72. The van der Waals surface area contributed by atoms with Crippen molar-refractivity contribution in [2.75, 3.05) is 0 Å². The molecule has 0 aliphatic rings. The van der Waals surface area contributed by atoms with Gasteiger partial charge in [0.05, 0.1) is 18.5 Å². The molecule has 134 valence electrons. The molecular weight excluding hydrogens is 320 g/mol. The fourth-order valence-electron chi connectivity index (χ4n) is 3.72. The van der Waals surface area contributed by atoms with Crippen molar-refractivity contribution in [3.8, 4) is 0 Å². The van der Waals surface area contributed by atoms with Gasteiger partial charge in [-0.2, -0.15) is 0 Å². The molecule has 0 aliphatic heterocycles. The zero-order valence-electron chi connectivity index (χ0n) is 15.4. The molecule has 1 aromatic heterocycles. The molecule has 2 aromatic carbocycles. The van der Waals surface area contributed by atoms with E-state index in [4.69, 9.17) is 0 Å². The maximum absolute atomic E-state index is 11.5. The van der Waals surface area contributed by atoms with Gasteiger partial charge in [0.25, 0.3) is 0 Å². The predicted molar refractivity (Wildman–Crippen MR) is 106 cm³/mol. The van der Waals surface area contributed by atoms with Gasteiger partial charge in [0.1, 0.15) is 0 Å². The molecule has 1 N–H and O–H groups in total. The molecule has 0 saturated carbocycles. The number of hydrogen-bond donors (Lipinski definition) is 1. The molecular formula is C23H26N2O. The molecule has 0 fully saturated rings. The predicted octanol–water partition coefficient (Wildman–Crippen LogP) is 4.83. The molecule has 0 amide bonds. The number of hydrogen-bond acceptors (Lipinski definition) is 2. The van der Waals surface area contributed by atoms with Crippen LogP contribution in [0.2, 0.25) is 0 Å². The second-order valence-corrected chi connectivity index (χ2v) is 7.26. The lowest BCUT2D eigenvalue weighted by Crippen LogP contribution is -2.41. The lowest BCUT2D eigenvalue weighted by molar-refractivity contribution is 0.00974. The van der Waals surface area contributed by atoms with Crippen LogP contribution in [-0.2, 0) is 0 Å². The first-order valence-electron chi connectivity index (χ1n) is 8.93. The van der Waals surface area contributed by atoms with Crippen LogP contribution in [0.3, 0.4) is 0 Å². The first kappa shape index (κ1) is 18.2. The summed E-state index contributed by atoms with van der Waals surface area (Å²) >= 11 is 0. The molecule has 3 aromatic rings. The topological polar surface area (TPSA) is 38.0 Å². The number of nitrogens with zero attached hydrogens (tertiary/aromatic N) is 2. The Labute approximate surface area is 155 Å². The van der Waals surface area contributed by atoms with Crippen LogP contribution in [0.25, 0.3) is 0 Å². The molecule has 3 atom stereocenters. The number of aliphatic hydroxyl groups is 1. The van der Waals surface area contributed by atoms with E-state index in [0.717, 1.165) is 11.1 Å². The monoisotopic (exact) mass is 346 g/mol. The number of aliphatic hydroxyl groups excluding tert-OH is 1. The highest BCUT2D eigenvalue weighted by Gasteiger charge is 2.41. The minimum Gasteiger partial charge on any atom is -0.390 e. The van der Waals surface area contributed by atoms with Gasteiger partial charge in [-0.25, -0.2) is 4.98 Å². The van der Waals surface area contributed by atoms with E-state index < -0.39 is 11.5 Å². The highest BCUT2D eigenvalue weighted by molar-refractivity contribution is 5.29. The van der Waals surface area contributed by atoms with Gasteiger partial charge in [0, 0.05) is 23.7 Å². The summed E-state index contributed by atoms with van der Waals surface area (Å²) in [6.07, 6.45) is 6.72. The molecule has 3 rings (SSSR count). The normalized spacial score (nSPS) is 15.2. The molecule has 0 saturated heterocycles. The number of rotatable bonds is 7. The Morgan fingerprint density at radius 2 is 1.58 bits per heavy atom. The molecule has 3 unspecified atom stereocenters. The van der Waals surface area contributed by atoms with E-state index >= 15 is 0 Å². The highest BCUT2D eigenvalue weighted by atomic mass is 16.3. The standard InChI is InChI=1S/C23H26N2O/c1-4-20(18-11-7-5-8-12-18)23(2,3)22(26)21(25-16-15-24-17-25)19-13-9-6-10-14-19/h4-17,20-22,26H,1H2,2-3H3. The summed E-state index contributed by atoms with van der Waals surface area (Å²) in [7, 11) is 0. The maximum atomic E-state index is 11.5. The molecule has 3 nitrogen and oxygen atoms in total. The van der Waals surface area contributed by atoms with Crippen LogP contribution in [0.15, 0.2) is 92.0 Å². The van der Waals surface area contributed by atoms with Crippen molar-refractivity contribution < 1.29 is 5.11 Å². The van der Waals surface area contributed by atoms with Crippen molar-refractivity contribution in [1.29, 1.82) is 0 Å². The summed E-state index contributed by atoms with van der Waals surface area (Å²) in [6.45, 7) is 8.25. The van der Waals surface area contributed by atoms with Crippen molar-refractivity contribution in [3.05, 3.63) is 103 Å². The number of aromatic nitrogens is 2. The van der Waals surface area contributed by atoms with Gasteiger partial charge in [-0.15, -0.1) is 6.58 Å². The first-order chi connectivity index (χ1) is 12.6. The molecule has 0 aliphatic carbocycles. The summed E-state index contributed by atoms with van der Waals surface area (Å²) in [5.74, 6) is 0.0217. The highest BCUT2D eigenvalue weighted by Crippen LogP contribution is 2.44. The lowest BCUT2D eigenvalue weighted by atomic mass is 9.68. The van der Waals surface area contributed by atoms with Crippen LogP contribution in [0.1, 0.15) is 36.9 Å². The Balaban J connectivity index is 2.02. The smallest absolute Gasteiger partial charge is 0.0952 e. The van der Waals surface area contributed by atoms with Gasteiger partial charge in [0.15, 0.2) is 0 Å². The van der Waals surface area contributed by atoms with Crippen LogP contribution in [0.4, 0.5) is 0 Å². The summed E-state index contributed by atoms with van der Waals surface area (Å²) in [5, 5.41) is 11.5. The van der Waals surface area contributed by atoms with E-state index in [1.54, 1.807) is 12.5 Å². The number of allylic oxidation sites excluding steroid dienone is 1. The Hall–Kier alpha value is -2.65. The zero-order valence-corrected chi connectivity index (χ0v) is 15.4. The molecule has 26 heavy (non-hydrogen) atoms. The van der Waals surface area contributed by atoms with Crippen LogP contribution in [0.5, 0.6) is 0 Å². The van der Waals surface area contributed by atoms with Crippen LogP contribution in [-0.4, -0.2) is 20.8 Å². The lowest BCUT2D eigenvalue weighted by Gasteiger charge is -2.41. The van der Waals surface area contributed by atoms with Gasteiger partial charge < -0.3 is 9.67 Å². The van der Waals surface area contributed by atoms with Crippen molar-refractivity contribution >= 4 is 0 Å². The summed E-state index contributed by atoms with van der Waals surface area (Å²) in [4.78, 5) is 4.19. The Bertz CT molecular complexity index is 810. The van der Waals surface area contributed by atoms with E-state index in [-0.39, 0.29) is 12.0 Å². The van der Waals surface area contributed by atoms with Crippen molar-refractivity contribution in [1.82, 2.24) is 9.55 Å². The van der Waals surface area contributed by atoms with Gasteiger partial charge in [-0.3, -0.25) is 0 Å². The average Bonchev–Trinajstić information content (AvgIpc) is 3.18. The average molecular weight is 346 g/mol. The summed E-state index contributed by atoms with van der Waals surface area (Å²) < 4.78 is 1.98. The quantitative estimate of drug-likeness (QED) is 0.622.